The quantitative estimate of drug-likeness (QED) is 0.509. The number of aromatic amines is 1. The molecule has 0 bridgehead atoms. The molecule has 0 saturated carbocycles. The van der Waals surface area contributed by atoms with Crippen LogP contribution < -0.4 is 5.32 Å². The standard InChI is InChI=1S/C19H19ClN4O2/c1-11-5-15(23-25-11)4-3-13-9-18-14(8-17(13)20)7-16(22-18)10-21-19-6-12(2)26-24-19/h5-9,22H,3-4,10H2,1-2H3,(H,21,24). The smallest absolute Gasteiger partial charge is 0.169 e. The topological polar surface area (TPSA) is 79.9 Å². The van der Waals surface area contributed by atoms with Crippen LogP contribution >= 0.6 is 11.6 Å². The van der Waals surface area contributed by atoms with E-state index in [0.717, 1.165) is 63.1 Å². The maximum Gasteiger partial charge on any atom is 0.169 e. The highest BCUT2D eigenvalue weighted by Crippen LogP contribution is 2.26. The van der Waals surface area contributed by atoms with Crippen LogP contribution in [-0.2, 0) is 19.4 Å². The number of nitrogens with one attached hydrogen (secondary N) is 2. The Morgan fingerprint density at radius 3 is 2.54 bits per heavy atom. The van der Waals surface area contributed by atoms with Gasteiger partial charge in [0, 0.05) is 33.8 Å². The third-order valence-electron chi connectivity index (χ3n) is 4.26. The average molecular weight is 371 g/mol. The van der Waals surface area contributed by atoms with Crippen LogP contribution in [0.4, 0.5) is 5.82 Å². The predicted octanol–water partition coefficient (Wildman–Crippen LogP) is 4.81. The lowest BCUT2D eigenvalue weighted by Crippen LogP contribution is -1.99. The molecule has 3 heterocycles. The number of anilines is 1. The molecule has 2 N–H and O–H groups in total. The van der Waals surface area contributed by atoms with Gasteiger partial charge in [0.05, 0.1) is 12.2 Å². The minimum absolute atomic E-state index is 0.631. The number of fused-ring (bicyclic) bond motifs is 1. The fourth-order valence-corrected chi connectivity index (χ4v) is 3.25. The van der Waals surface area contributed by atoms with Crippen LogP contribution in [0, 0.1) is 13.8 Å². The van der Waals surface area contributed by atoms with E-state index in [1.54, 1.807) is 0 Å². The van der Waals surface area contributed by atoms with Crippen molar-refractivity contribution in [2.24, 2.45) is 0 Å². The van der Waals surface area contributed by atoms with E-state index in [1.807, 2.05) is 32.0 Å². The predicted molar refractivity (Wildman–Crippen MR) is 101 cm³/mol. The summed E-state index contributed by atoms with van der Waals surface area (Å²) in [5.74, 6) is 2.33. The average Bonchev–Trinajstić information content (AvgIpc) is 3.31. The van der Waals surface area contributed by atoms with E-state index in [0.29, 0.717) is 6.54 Å². The second-order valence-corrected chi connectivity index (χ2v) is 6.84. The molecule has 7 heteroatoms. The van der Waals surface area contributed by atoms with Gasteiger partial charge in [-0.25, -0.2) is 0 Å². The molecule has 26 heavy (non-hydrogen) atoms. The van der Waals surface area contributed by atoms with Crippen molar-refractivity contribution in [3.05, 3.63) is 63.8 Å². The summed E-state index contributed by atoms with van der Waals surface area (Å²) in [4.78, 5) is 3.43. The number of H-pyrrole nitrogens is 1. The Kier molecular flexibility index (Phi) is 4.42. The van der Waals surface area contributed by atoms with E-state index < -0.39 is 0 Å². The van der Waals surface area contributed by atoms with E-state index >= 15 is 0 Å². The molecule has 4 aromatic rings. The fourth-order valence-electron chi connectivity index (χ4n) is 2.98. The van der Waals surface area contributed by atoms with Crippen molar-refractivity contribution in [3.8, 4) is 0 Å². The van der Waals surface area contributed by atoms with Gasteiger partial charge < -0.3 is 19.3 Å². The molecule has 0 aliphatic rings. The maximum absolute atomic E-state index is 6.46. The minimum Gasteiger partial charge on any atom is -0.362 e. The van der Waals surface area contributed by atoms with Crippen molar-refractivity contribution in [2.45, 2.75) is 33.2 Å². The third kappa shape index (κ3) is 3.60. The number of nitrogens with zero attached hydrogens (tertiary/aromatic N) is 2. The number of halogens is 1. The molecule has 0 aliphatic heterocycles. The van der Waals surface area contributed by atoms with Crippen molar-refractivity contribution < 1.29 is 9.05 Å². The number of hydrogen-bond acceptors (Lipinski definition) is 5. The first-order valence-corrected chi connectivity index (χ1v) is 8.84. The van der Waals surface area contributed by atoms with Crippen molar-refractivity contribution in [3.63, 3.8) is 0 Å². The number of benzene rings is 1. The van der Waals surface area contributed by atoms with Crippen molar-refractivity contribution in [1.29, 1.82) is 0 Å². The Labute approximate surface area is 155 Å². The molecule has 1 aromatic carbocycles. The summed E-state index contributed by atoms with van der Waals surface area (Å²) in [5.41, 5.74) is 4.15. The van der Waals surface area contributed by atoms with E-state index in [2.05, 4.69) is 32.7 Å². The number of hydrogen-bond donors (Lipinski definition) is 2. The zero-order chi connectivity index (χ0) is 18.1. The van der Waals surface area contributed by atoms with Gasteiger partial charge in [0.2, 0.25) is 0 Å². The SMILES string of the molecule is Cc1cc(CCc2cc3[nH]c(CNc4cc(C)on4)cc3cc2Cl)no1. The molecule has 0 saturated heterocycles. The first-order valence-electron chi connectivity index (χ1n) is 8.46. The molecular formula is C19H19ClN4O2. The lowest BCUT2D eigenvalue weighted by molar-refractivity contribution is 0.390. The zero-order valence-corrected chi connectivity index (χ0v) is 15.4. The van der Waals surface area contributed by atoms with Gasteiger partial charge in [-0.1, -0.05) is 21.9 Å². The number of aryl methyl sites for hydroxylation is 4. The van der Waals surface area contributed by atoms with Crippen LogP contribution in [0.15, 0.2) is 39.4 Å². The minimum atomic E-state index is 0.631. The number of aromatic nitrogens is 3. The van der Waals surface area contributed by atoms with Crippen LogP contribution in [-0.4, -0.2) is 15.3 Å². The summed E-state index contributed by atoms with van der Waals surface area (Å²) in [7, 11) is 0. The largest absolute Gasteiger partial charge is 0.362 e. The summed E-state index contributed by atoms with van der Waals surface area (Å²) in [5, 5.41) is 13.1. The Morgan fingerprint density at radius 1 is 1.00 bits per heavy atom. The van der Waals surface area contributed by atoms with Crippen LogP contribution in [0.1, 0.15) is 28.5 Å². The van der Waals surface area contributed by atoms with Crippen LogP contribution in [0.25, 0.3) is 10.9 Å². The number of rotatable bonds is 6. The highest BCUT2D eigenvalue weighted by Gasteiger charge is 2.09. The normalized spacial score (nSPS) is 11.3. The van der Waals surface area contributed by atoms with Crippen molar-refractivity contribution >= 4 is 28.3 Å². The van der Waals surface area contributed by atoms with Crippen LogP contribution in [0.2, 0.25) is 5.02 Å². The van der Waals surface area contributed by atoms with Gasteiger partial charge in [-0.15, -0.1) is 0 Å². The molecular weight excluding hydrogens is 352 g/mol. The van der Waals surface area contributed by atoms with Gasteiger partial charge >= 0.3 is 0 Å². The zero-order valence-electron chi connectivity index (χ0n) is 14.6. The highest BCUT2D eigenvalue weighted by atomic mass is 35.5. The van der Waals surface area contributed by atoms with Crippen molar-refractivity contribution in [2.75, 3.05) is 5.32 Å². The van der Waals surface area contributed by atoms with E-state index in [-0.39, 0.29) is 0 Å². The Hall–Kier alpha value is -2.73. The summed E-state index contributed by atoms with van der Waals surface area (Å²) in [6.45, 7) is 4.39. The van der Waals surface area contributed by atoms with Gasteiger partial charge in [-0.3, -0.25) is 0 Å². The Bertz CT molecular complexity index is 1050. The lowest BCUT2D eigenvalue weighted by atomic mass is 10.1. The molecule has 0 atom stereocenters. The van der Waals surface area contributed by atoms with Gasteiger partial charge in [-0.05, 0) is 50.5 Å². The molecule has 0 aliphatic carbocycles. The summed E-state index contributed by atoms with van der Waals surface area (Å²) in [6.07, 6.45) is 1.61. The van der Waals surface area contributed by atoms with Gasteiger partial charge in [0.1, 0.15) is 11.5 Å². The fraction of sp³-hybridized carbons (Fsp3) is 0.263. The van der Waals surface area contributed by atoms with E-state index in [9.17, 15) is 0 Å². The summed E-state index contributed by atoms with van der Waals surface area (Å²) >= 11 is 6.46. The molecule has 134 valence electrons. The van der Waals surface area contributed by atoms with E-state index in [4.69, 9.17) is 20.6 Å². The molecule has 0 unspecified atom stereocenters. The van der Waals surface area contributed by atoms with Gasteiger partial charge in [-0.2, -0.15) is 0 Å². The lowest BCUT2D eigenvalue weighted by Gasteiger charge is -2.03. The molecule has 0 spiro atoms. The summed E-state index contributed by atoms with van der Waals surface area (Å²) in [6, 6.07) is 10.0. The molecule has 4 rings (SSSR count). The molecule has 0 amide bonds. The second-order valence-electron chi connectivity index (χ2n) is 6.43. The van der Waals surface area contributed by atoms with Crippen LogP contribution in [0.3, 0.4) is 0 Å². The first-order chi connectivity index (χ1) is 12.6. The second kappa shape index (κ2) is 6.88. The first kappa shape index (κ1) is 16.7. The molecule has 0 fully saturated rings. The van der Waals surface area contributed by atoms with E-state index in [1.165, 1.54) is 0 Å². The van der Waals surface area contributed by atoms with Gasteiger partial charge in [0.25, 0.3) is 0 Å². The third-order valence-corrected chi connectivity index (χ3v) is 4.61. The van der Waals surface area contributed by atoms with Gasteiger partial charge in [0.15, 0.2) is 5.82 Å². The molecule has 3 aromatic heterocycles. The molecule has 0 radical (unpaired) electrons. The highest BCUT2D eigenvalue weighted by molar-refractivity contribution is 6.32. The molecule has 6 nitrogen and oxygen atoms in total. The Morgan fingerprint density at radius 2 is 1.81 bits per heavy atom. The van der Waals surface area contributed by atoms with Crippen LogP contribution in [0.5, 0.6) is 0 Å². The summed E-state index contributed by atoms with van der Waals surface area (Å²) < 4.78 is 10.2. The monoisotopic (exact) mass is 370 g/mol. The maximum atomic E-state index is 6.46. The Balaban J connectivity index is 1.48. The van der Waals surface area contributed by atoms with Crippen molar-refractivity contribution in [1.82, 2.24) is 15.3 Å².